The summed E-state index contributed by atoms with van der Waals surface area (Å²) in [5.74, 6) is -0.827. The Labute approximate surface area is 186 Å². The number of Topliss-reactive ketones (excluding diaryl/α,β-unsaturated/α-hetero) is 1. The highest BCUT2D eigenvalue weighted by molar-refractivity contribution is 6.16. The Kier molecular flexibility index (Phi) is 5.21. The van der Waals surface area contributed by atoms with Gasteiger partial charge in [0.1, 0.15) is 11.3 Å². The highest BCUT2D eigenvalue weighted by Crippen LogP contribution is 2.45. The third kappa shape index (κ3) is 3.27. The molecule has 32 heavy (non-hydrogen) atoms. The molecule has 2 aliphatic rings. The number of fused-ring (bicyclic) bond motifs is 1. The highest BCUT2D eigenvalue weighted by Gasteiger charge is 2.48. The number of furan rings is 1. The van der Waals surface area contributed by atoms with Crippen LogP contribution >= 0.6 is 0 Å². The molecule has 1 N–H and O–H groups in total. The van der Waals surface area contributed by atoms with Gasteiger partial charge in [-0.25, -0.2) is 0 Å². The van der Waals surface area contributed by atoms with Gasteiger partial charge in [0.25, 0.3) is 5.91 Å². The van der Waals surface area contributed by atoms with Crippen LogP contribution < -0.4 is 4.74 Å². The molecule has 1 unspecified atom stereocenters. The van der Waals surface area contributed by atoms with E-state index in [1.807, 2.05) is 36.4 Å². The van der Waals surface area contributed by atoms with Gasteiger partial charge in [-0.1, -0.05) is 55.7 Å². The number of aliphatic hydroxyl groups excluding tert-OH is 1. The molecule has 2 heterocycles. The van der Waals surface area contributed by atoms with E-state index in [4.69, 9.17) is 9.15 Å². The molecule has 0 saturated heterocycles. The number of carbonyl (C=O) groups excluding carboxylic acids is 2. The normalized spacial score (nSPS) is 19.7. The molecule has 1 fully saturated rings. The van der Waals surface area contributed by atoms with Gasteiger partial charge in [0.15, 0.2) is 11.5 Å². The van der Waals surface area contributed by atoms with Gasteiger partial charge in [-0.2, -0.15) is 0 Å². The fraction of sp³-hybridized carbons (Fsp3) is 0.308. The van der Waals surface area contributed by atoms with Gasteiger partial charge in [0, 0.05) is 17.0 Å². The molecule has 1 aliphatic heterocycles. The second kappa shape index (κ2) is 8.19. The quantitative estimate of drug-likeness (QED) is 0.551. The second-order valence-corrected chi connectivity index (χ2v) is 8.39. The van der Waals surface area contributed by atoms with Gasteiger partial charge in [-0.15, -0.1) is 0 Å². The number of ether oxygens (including phenoxy) is 1. The topological polar surface area (TPSA) is 80.0 Å². The maximum absolute atomic E-state index is 13.7. The fourth-order valence-electron chi connectivity index (χ4n) is 5.02. The van der Waals surface area contributed by atoms with Gasteiger partial charge >= 0.3 is 0 Å². The summed E-state index contributed by atoms with van der Waals surface area (Å²) in [6.07, 6.45) is 4.84. The first kappa shape index (κ1) is 20.4. The lowest BCUT2D eigenvalue weighted by Gasteiger charge is -2.36. The zero-order chi connectivity index (χ0) is 22.2. The van der Waals surface area contributed by atoms with Crippen molar-refractivity contribution in [3.05, 3.63) is 77.3 Å². The molecule has 3 aromatic rings. The third-order valence-electron chi connectivity index (χ3n) is 6.54. The lowest BCUT2D eigenvalue weighted by atomic mass is 9.90. The number of aliphatic hydroxyl groups is 1. The Morgan fingerprint density at radius 2 is 1.78 bits per heavy atom. The summed E-state index contributed by atoms with van der Waals surface area (Å²) in [4.78, 5) is 28.6. The molecular weight excluding hydrogens is 406 g/mol. The average molecular weight is 431 g/mol. The van der Waals surface area contributed by atoms with E-state index in [9.17, 15) is 14.7 Å². The van der Waals surface area contributed by atoms with Crippen molar-refractivity contribution in [3.8, 4) is 5.75 Å². The van der Waals surface area contributed by atoms with Crippen LogP contribution in [0.3, 0.4) is 0 Å². The van der Waals surface area contributed by atoms with Crippen LogP contribution in [0.2, 0.25) is 0 Å². The molecule has 6 heteroatoms. The van der Waals surface area contributed by atoms with E-state index in [2.05, 4.69) is 0 Å². The zero-order valence-corrected chi connectivity index (χ0v) is 17.9. The number of benzene rings is 2. The Balaban J connectivity index is 1.64. The van der Waals surface area contributed by atoms with Crippen molar-refractivity contribution >= 4 is 22.7 Å². The first-order chi connectivity index (χ1) is 15.6. The van der Waals surface area contributed by atoms with Gasteiger partial charge in [0.2, 0.25) is 5.78 Å². The van der Waals surface area contributed by atoms with E-state index in [1.54, 1.807) is 30.2 Å². The van der Waals surface area contributed by atoms with Crippen LogP contribution in [0, 0.1) is 0 Å². The largest absolute Gasteiger partial charge is 0.503 e. The van der Waals surface area contributed by atoms with Crippen LogP contribution in [-0.2, 0) is 4.79 Å². The lowest BCUT2D eigenvalue weighted by Crippen LogP contribution is -2.41. The number of nitrogens with zero attached hydrogens (tertiary/aromatic N) is 1. The Morgan fingerprint density at radius 1 is 1.06 bits per heavy atom. The Morgan fingerprint density at radius 3 is 2.53 bits per heavy atom. The highest BCUT2D eigenvalue weighted by atomic mass is 16.5. The monoisotopic (exact) mass is 431 g/mol. The molecule has 164 valence electrons. The number of ketones is 1. The zero-order valence-electron chi connectivity index (χ0n) is 17.9. The third-order valence-corrected chi connectivity index (χ3v) is 6.54. The summed E-state index contributed by atoms with van der Waals surface area (Å²) in [6, 6.07) is 15.6. The molecule has 2 aromatic carbocycles. The molecule has 1 amide bonds. The number of para-hydroxylation sites is 2. The van der Waals surface area contributed by atoms with Crippen molar-refractivity contribution in [2.45, 2.75) is 44.2 Å². The first-order valence-corrected chi connectivity index (χ1v) is 11.0. The average Bonchev–Trinajstić information content (AvgIpc) is 3.38. The predicted molar refractivity (Wildman–Crippen MR) is 120 cm³/mol. The van der Waals surface area contributed by atoms with E-state index < -0.39 is 23.5 Å². The number of hydrogen-bond acceptors (Lipinski definition) is 5. The maximum Gasteiger partial charge on any atom is 0.290 e. The van der Waals surface area contributed by atoms with E-state index in [-0.39, 0.29) is 17.4 Å². The summed E-state index contributed by atoms with van der Waals surface area (Å²) in [7, 11) is 1.56. The van der Waals surface area contributed by atoms with Crippen molar-refractivity contribution in [2.24, 2.45) is 0 Å². The van der Waals surface area contributed by atoms with Gasteiger partial charge in [0.05, 0.1) is 18.7 Å². The van der Waals surface area contributed by atoms with Crippen LogP contribution in [0.15, 0.2) is 70.3 Å². The van der Waals surface area contributed by atoms with Crippen molar-refractivity contribution < 1.29 is 23.8 Å². The molecule has 5 rings (SSSR count). The van der Waals surface area contributed by atoms with E-state index >= 15 is 0 Å². The molecule has 0 spiro atoms. The Bertz CT molecular complexity index is 1180. The number of hydrogen-bond donors (Lipinski definition) is 1. The summed E-state index contributed by atoms with van der Waals surface area (Å²) in [5, 5.41) is 11.7. The standard InChI is InChI=1S/C26H25NO5/c1-31-20-14-8-6-12-18(20)23-22(24(28)21-15-16-9-5-7-13-19(16)32-21)25(29)26(30)27(23)17-10-3-2-4-11-17/h5-9,12-15,17,23,29H,2-4,10-11H2,1H3. The van der Waals surface area contributed by atoms with Crippen molar-refractivity contribution in [3.63, 3.8) is 0 Å². The van der Waals surface area contributed by atoms with Gasteiger partial charge < -0.3 is 19.2 Å². The molecule has 0 radical (unpaired) electrons. The van der Waals surface area contributed by atoms with Crippen LogP contribution in [0.5, 0.6) is 5.75 Å². The molecule has 0 bridgehead atoms. The summed E-state index contributed by atoms with van der Waals surface area (Å²) in [5.41, 5.74) is 1.31. The number of carbonyl (C=O) groups is 2. The molecule has 1 atom stereocenters. The molecule has 1 aliphatic carbocycles. The van der Waals surface area contributed by atoms with E-state index in [0.29, 0.717) is 16.9 Å². The first-order valence-electron chi connectivity index (χ1n) is 11.0. The van der Waals surface area contributed by atoms with Gasteiger partial charge in [-0.3, -0.25) is 9.59 Å². The molecule has 6 nitrogen and oxygen atoms in total. The number of methoxy groups -OCH3 is 1. The summed E-state index contributed by atoms with van der Waals surface area (Å²) in [6.45, 7) is 0. The summed E-state index contributed by atoms with van der Waals surface area (Å²) >= 11 is 0. The molecule has 1 saturated carbocycles. The fourth-order valence-corrected chi connectivity index (χ4v) is 5.02. The van der Waals surface area contributed by atoms with Crippen molar-refractivity contribution in [1.29, 1.82) is 0 Å². The van der Waals surface area contributed by atoms with E-state index in [1.165, 1.54) is 0 Å². The smallest absolute Gasteiger partial charge is 0.290 e. The van der Waals surface area contributed by atoms with E-state index in [0.717, 1.165) is 37.5 Å². The van der Waals surface area contributed by atoms with Crippen LogP contribution in [0.25, 0.3) is 11.0 Å². The predicted octanol–water partition coefficient (Wildman–Crippen LogP) is 5.35. The second-order valence-electron chi connectivity index (χ2n) is 8.39. The maximum atomic E-state index is 13.7. The van der Waals surface area contributed by atoms with Crippen molar-refractivity contribution in [2.75, 3.05) is 7.11 Å². The molecular formula is C26H25NO5. The van der Waals surface area contributed by atoms with Crippen LogP contribution in [0.1, 0.15) is 54.3 Å². The van der Waals surface area contributed by atoms with Gasteiger partial charge in [-0.05, 0) is 31.0 Å². The number of rotatable bonds is 5. The Hall–Kier alpha value is -3.54. The summed E-state index contributed by atoms with van der Waals surface area (Å²) < 4.78 is 11.4. The minimum absolute atomic E-state index is 0.0455. The van der Waals surface area contributed by atoms with Crippen LogP contribution in [-0.4, -0.2) is 34.8 Å². The minimum atomic E-state index is -0.734. The minimum Gasteiger partial charge on any atom is -0.503 e. The van der Waals surface area contributed by atoms with Crippen molar-refractivity contribution in [1.82, 2.24) is 4.90 Å². The SMILES string of the molecule is COc1ccccc1C1C(C(=O)c2cc3ccccc3o2)=C(O)C(=O)N1C1CCCCC1. The lowest BCUT2D eigenvalue weighted by molar-refractivity contribution is -0.132. The van der Waals surface area contributed by atoms with Crippen LogP contribution in [0.4, 0.5) is 0 Å². The molecule has 1 aromatic heterocycles. The number of amides is 1.